The molecule has 0 radical (unpaired) electrons. The van der Waals surface area contributed by atoms with Gasteiger partial charge in [-0.15, -0.1) is 0 Å². The Morgan fingerprint density at radius 3 is 2.67 bits per heavy atom. The molecule has 1 aliphatic carbocycles. The van der Waals surface area contributed by atoms with E-state index >= 15 is 0 Å². The fourth-order valence-electron chi connectivity index (χ4n) is 3.18. The second-order valence-corrected chi connectivity index (χ2v) is 6.01. The van der Waals surface area contributed by atoms with Crippen molar-refractivity contribution in [2.24, 2.45) is 5.73 Å². The van der Waals surface area contributed by atoms with Gasteiger partial charge in [-0.05, 0) is 31.4 Å². The maximum atomic E-state index is 6.08. The van der Waals surface area contributed by atoms with Crippen LogP contribution in [0.5, 0.6) is 0 Å². The molecule has 3 rings (SSSR count). The number of nitrogens with two attached hydrogens (primary N) is 1. The summed E-state index contributed by atoms with van der Waals surface area (Å²) in [5.41, 5.74) is 7.97. The van der Waals surface area contributed by atoms with Crippen LogP contribution in [0.1, 0.15) is 50.0 Å². The Morgan fingerprint density at radius 2 is 2.00 bits per heavy atom. The van der Waals surface area contributed by atoms with Crippen LogP contribution >= 0.6 is 0 Å². The standard InChI is InChI=1S/C16H22N4O/c1-12-10-18-9-6-13(12)14-19-15(21-20-14)16(11-17)7-4-2-3-5-8-16/h6,9-10H,2-5,7-8,11,17H2,1H3. The Morgan fingerprint density at radius 1 is 1.24 bits per heavy atom. The van der Waals surface area contributed by atoms with E-state index in [0.717, 1.165) is 24.0 Å². The lowest BCUT2D eigenvalue weighted by atomic mass is 9.80. The maximum Gasteiger partial charge on any atom is 0.234 e. The molecular formula is C16H22N4O. The highest BCUT2D eigenvalue weighted by molar-refractivity contribution is 5.58. The third-order valence-electron chi connectivity index (χ3n) is 4.59. The van der Waals surface area contributed by atoms with Gasteiger partial charge in [0.1, 0.15) is 0 Å². The lowest BCUT2D eigenvalue weighted by molar-refractivity contribution is 0.257. The van der Waals surface area contributed by atoms with E-state index < -0.39 is 0 Å². The summed E-state index contributed by atoms with van der Waals surface area (Å²) in [6, 6.07) is 1.92. The van der Waals surface area contributed by atoms with Gasteiger partial charge in [0.2, 0.25) is 11.7 Å². The minimum absolute atomic E-state index is 0.136. The molecule has 2 heterocycles. The highest BCUT2D eigenvalue weighted by atomic mass is 16.5. The lowest BCUT2D eigenvalue weighted by Crippen LogP contribution is -2.35. The summed E-state index contributed by atoms with van der Waals surface area (Å²) < 4.78 is 5.60. The molecule has 2 aromatic heterocycles. The number of aromatic nitrogens is 3. The van der Waals surface area contributed by atoms with E-state index in [0.29, 0.717) is 18.3 Å². The van der Waals surface area contributed by atoms with Crippen LogP contribution in [0.3, 0.4) is 0 Å². The van der Waals surface area contributed by atoms with Crippen LogP contribution in [-0.2, 0) is 5.41 Å². The van der Waals surface area contributed by atoms with E-state index in [9.17, 15) is 0 Å². The molecule has 0 atom stereocenters. The molecule has 0 aliphatic heterocycles. The highest BCUT2D eigenvalue weighted by Crippen LogP contribution is 2.37. The molecule has 2 N–H and O–H groups in total. The van der Waals surface area contributed by atoms with E-state index in [1.54, 1.807) is 6.20 Å². The van der Waals surface area contributed by atoms with Crippen molar-refractivity contribution in [3.05, 3.63) is 29.9 Å². The molecule has 0 bridgehead atoms. The van der Waals surface area contributed by atoms with Gasteiger partial charge in [-0.25, -0.2) is 0 Å². The molecule has 1 saturated carbocycles. The van der Waals surface area contributed by atoms with Crippen LogP contribution in [0.2, 0.25) is 0 Å². The second-order valence-electron chi connectivity index (χ2n) is 6.01. The van der Waals surface area contributed by atoms with Gasteiger partial charge in [0.15, 0.2) is 0 Å². The Kier molecular flexibility index (Phi) is 4.01. The van der Waals surface area contributed by atoms with Crippen molar-refractivity contribution < 1.29 is 4.52 Å². The molecule has 0 unspecified atom stereocenters. The fraction of sp³-hybridized carbons (Fsp3) is 0.562. The smallest absolute Gasteiger partial charge is 0.234 e. The van der Waals surface area contributed by atoms with Crippen molar-refractivity contribution in [2.45, 2.75) is 50.9 Å². The van der Waals surface area contributed by atoms with Gasteiger partial charge in [-0.3, -0.25) is 4.98 Å². The summed E-state index contributed by atoms with van der Waals surface area (Å²) in [6.45, 7) is 2.58. The van der Waals surface area contributed by atoms with Gasteiger partial charge in [0.25, 0.3) is 0 Å². The summed E-state index contributed by atoms with van der Waals surface area (Å²) in [7, 11) is 0. The molecule has 0 saturated heterocycles. The molecule has 0 amide bonds. The predicted molar refractivity (Wildman–Crippen MR) is 80.7 cm³/mol. The molecule has 1 fully saturated rings. The molecule has 21 heavy (non-hydrogen) atoms. The van der Waals surface area contributed by atoms with Gasteiger partial charge in [0.05, 0.1) is 5.41 Å². The lowest BCUT2D eigenvalue weighted by Gasteiger charge is -2.26. The van der Waals surface area contributed by atoms with Gasteiger partial charge in [-0.1, -0.05) is 30.8 Å². The molecule has 0 spiro atoms. The van der Waals surface area contributed by atoms with Crippen LogP contribution in [0.25, 0.3) is 11.4 Å². The summed E-state index contributed by atoms with van der Waals surface area (Å²) in [5, 5.41) is 4.18. The highest BCUT2D eigenvalue weighted by Gasteiger charge is 2.37. The van der Waals surface area contributed by atoms with Crippen LogP contribution in [0, 0.1) is 6.92 Å². The van der Waals surface area contributed by atoms with Crippen molar-refractivity contribution in [1.82, 2.24) is 15.1 Å². The Bertz CT molecular complexity index is 600. The Labute approximate surface area is 125 Å². The Hall–Kier alpha value is -1.75. The average molecular weight is 286 g/mol. The summed E-state index contributed by atoms with van der Waals surface area (Å²) in [5.74, 6) is 1.35. The topological polar surface area (TPSA) is 77.8 Å². The average Bonchev–Trinajstić information content (AvgIpc) is 2.87. The molecular weight excluding hydrogens is 264 g/mol. The van der Waals surface area contributed by atoms with Crippen molar-refractivity contribution in [1.29, 1.82) is 0 Å². The fourth-order valence-corrected chi connectivity index (χ4v) is 3.18. The van der Waals surface area contributed by atoms with E-state index in [-0.39, 0.29) is 5.41 Å². The van der Waals surface area contributed by atoms with E-state index in [2.05, 4.69) is 15.1 Å². The summed E-state index contributed by atoms with van der Waals surface area (Å²) >= 11 is 0. The van der Waals surface area contributed by atoms with Gasteiger partial charge < -0.3 is 10.3 Å². The first-order chi connectivity index (χ1) is 10.2. The number of hydrogen-bond donors (Lipinski definition) is 1. The molecule has 5 heteroatoms. The number of nitrogens with zero attached hydrogens (tertiary/aromatic N) is 3. The molecule has 5 nitrogen and oxygen atoms in total. The van der Waals surface area contributed by atoms with Gasteiger partial charge >= 0.3 is 0 Å². The maximum absolute atomic E-state index is 6.08. The number of rotatable bonds is 3. The zero-order valence-electron chi connectivity index (χ0n) is 12.5. The first kappa shape index (κ1) is 14.2. The number of aryl methyl sites for hydroxylation is 1. The van der Waals surface area contributed by atoms with Gasteiger partial charge in [0, 0.05) is 24.5 Å². The third kappa shape index (κ3) is 2.70. The van der Waals surface area contributed by atoms with Crippen molar-refractivity contribution in [2.75, 3.05) is 6.54 Å². The van der Waals surface area contributed by atoms with Crippen LogP contribution in [0.4, 0.5) is 0 Å². The van der Waals surface area contributed by atoms with Crippen molar-refractivity contribution in [3.8, 4) is 11.4 Å². The van der Waals surface area contributed by atoms with Crippen LogP contribution in [-0.4, -0.2) is 21.7 Å². The molecule has 2 aromatic rings. The zero-order valence-corrected chi connectivity index (χ0v) is 12.5. The SMILES string of the molecule is Cc1cnccc1-c1noc(C2(CN)CCCCCC2)n1. The van der Waals surface area contributed by atoms with Crippen LogP contribution in [0.15, 0.2) is 23.0 Å². The number of hydrogen-bond acceptors (Lipinski definition) is 5. The Balaban J connectivity index is 1.95. The van der Waals surface area contributed by atoms with E-state index in [1.807, 2.05) is 19.2 Å². The molecule has 112 valence electrons. The van der Waals surface area contributed by atoms with E-state index in [4.69, 9.17) is 10.3 Å². The normalized spacial score (nSPS) is 18.4. The summed E-state index contributed by atoms with van der Waals surface area (Å²) in [4.78, 5) is 8.77. The molecule has 1 aliphatic rings. The third-order valence-corrected chi connectivity index (χ3v) is 4.59. The quantitative estimate of drug-likeness (QED) is 0.878. The second kappa shape index (κ2) is 5.93. The first-order valence-electron chi connectivity index (χ1n) is 7.70. The van der Waals surface area contributed by atoms with Gasteiger partial charge in [-0.2, -0.15) is 4.98 Å². The van der Waals surface area contributed by atoms with Crippen molar-refractivity contribution in [3.63, 3.8) is 0 Å². The van der Waals surface area contributed by atoms with Crippen LogP contribution < -0.4 is 5.73 Å². The minimum Gasteiger partial charge on any atom is -0.338 e. The molecule has 0 aromatic carbocycles. The monoisotopic (exact) mass is 286 g/mol. The van der Waals surface area contributed by atoms with Crippen molar-refractivity contribution >= 4 is 0 Å². The van der Waals surface area contributed by atoms with E-state index in [1.165, 1.54) is 25.7 Å². The summed E-state index contributed by atoms with van der Waals surface area (Å²) in [6.07, 6.45) is 10.6. The minimum atomic E-state index is -0.136. The largest absolute Gasteiger partial charge is 0.338 e. The zero-order chi connectivity index (χ0) is 14.7. The predicted octanol–water partition coefficient (Wildman–Crippen LogP) is 2.99. The number of pyridine rings is 1. The first-order valence-corrected chi connectivity index (χ1v) is 7.70.